The van der Waals surface area contributed by atoms with Crippen molar-refractivity contribution >= 4 is 11.5 Å². The van der Waals surface area contributed by atoms with Crippen molar-refractivity contribution in [1.29, 1.82) is 0 Å². The number of hydrogen-bond donors (Lipinski definition) is 0. The molecule has 0 spiro atoms. The van der Waals surface area contributed by atoms with Crippen molar-refractivity contribution in [2.45, 2.75) is 19.3 Å². The largest absolute Gasteiger partial charge is 0.425 e. The molecule has 2 fully saturated rings. The molecule has 3 heterocycles. The summed E-state index contributed by atoms with van der Waals surface area (Å²) in [7, 11) is 0. The van der Waals surface area contributed by atoms with E-state index in [1.807, 2.05) is 0 Å². The maximum absolute atomic E-state index is 13.9. The molecule has 6 nitrogen and oxygen atoms in total. The van der Waals surface area contributed by atoms with Gasteiger partial charge in [0.1, 0.15) is 5.82 Å². The van der Waals surface area contributed by atoms with Crippen LogP contribution in [0.25, 0.3) is 5.57 Å². The molecule has 2 aromatic rings. The van der Waals surface area contributed by atoms with Gasteiger partial charge in [0.2, 0.25) is 17.7 Å². The number of aryl methyl sites for hydroxylation is 1. The quantitative estimate of drug-likeness (QED) is 0.789. The van der Waals surface area contributed by atoms with E-state index in [0.29, 0.717) is 49.2 Å². The predicted molar refractivity (Wildman–Crippen MR) is 91.7 cm³/mol. The normalized spacial score (nSPS) is 25.6. The second-order valence-corrected chi connectivity index (χ2v) is 7.02. The van der Waals surface area contributed by atoms with E-state index < -0.39 is 5.41 Å². The summed E-state index contributed by atoms with van der Waals surface area (Å²) < 4.78 is 25.2. The van der Waals surface area contributed by atoms with E-state index in [2.05, 4.69) is 10.2 Å². The van der Waals surface area contributed by atoms with Crippen molar-refractivity contribution in [2.24, 2.45) is 5.92 Å². The average molecular weight is 357 g/mol. The third-order valence-corrected chi connectivity index (χ3v) is 5.28. The SMILES string of the molecule is C/C(=C\C(=O)N1C[C@H]2COC[C@@]2(c2nnc(C)o2)C1)c1ccccc1F. The Bertz CT molecular complexity index is 878. The molecule has 136 valence electrons. The summed E-state index contributed by atoms with van der Waals surface area (Å²) in [6, 6.07) is 6.45. The van der Waals surface area contributed by atoms with Crippen LogP contribution in [0.1, 0.15) is 24.3 Å². The highest BCUT2D eigenvalue weighted by atomic mass is 19.1. The standard InChI is InChI=1S/C19H20FN3O3/c1-12(15-5-3-4-6-16(15)20)7-17(24)23-8-14-9-25-11-19(14,10-23)18-22-21-13(2)26-18/h3-7,14H,8-11H2,1-2H3/b12-7+/t14-,19-/m0/s1. The molecule has 1 aromatic heterocycles. The molecular weight excluding hydrogens is 337 g/mol. The molecular formula is C19H20FN3O3. The maximum Gasteiger partial charge on any atom is 0.246 e. The number of ether oxygens (including phenoxy) is 1. The van der Waals surface area contributed by atoms with Gasteiger partial charge in [0.15, 0.2) is 0 Å². The molecule has 1 amide bonds. The number of carbonyl (C=O) groups is 1. The number of likely N-dealkylation sites (tertiary alicyclic amines) is 1. The fourth-order valence-electron chi connectivity index (χ4n) is 3.84. The van der Waals surface area contributed by atoms with E-state index in [1.54, 1.807) is 36.9 Å². The fourth-order valence-corrected chi connectivity index (χ4v) is 3.84. The van der Waals surface area contributed by atoms with Gasteiger partial charge in [-0.25, -0.2) is 4.39 Å². The first-order chi connectivity index (χ1) is 12.5. The Balaban J connectivity index is 1.57. The highest BCUT2D eigenvalue weighted by molar-refractivity contribution is 5.95. The Morgan fingerprint density at radius 3 is 2.92 bits per heavy atom. The van der Waals surface area contributed by atoms with Gasteiger partial charge in [0, 0.05) is 37.6 Å². The van der Waals surface area contributed by atoms with Crippen LogP contribution < -0.4 is 0 Å². The molecule has 2 aliphatic rings. The number of fused-ring (bicyclic) bond motifs is 1. The number of halogens is 1. The van der Waals surface area contributed by atoms with Crippen LogP contribution in [0.15, 0.2) is 34.8 Å². The number of carbonyl (C=O) groups excluding carboxylic acids is 1. The van der Waals surface area contributed by atoms with Crippen LogP contribution in [0.5, 0.6) is 0 Å². The number of allylic oxidation sites excluding steroid dienone is 1. The summed E-state index contributed by atoms with van der Waals surface area (Å²) >= 11 is 0. The van der Waals surface area contributed by atoms with E-state index in [9.17, 15) is 9.18 Å². The Morgan fingerprint density at radius 2 is 2.19 bits per heavy atom. The number of nitrogens with zero attached hydrogens (tertiary/aromatic N) is 3. The van der Waals surface area contributed by atoms with Crippen molar-refractivity contribution in [3.63, 3.8) is 0 Å². The number of rotatable bonds is 3. The van der Waals surface area contributed by atoms with Crippen molar-refractivity contribution in [3.8, 4) is 0 Å². The molecule has 2 atom stereocenters. The zero-order chi connectivity index (χ0) is 18.3. The van der Waals surface area contributed by atoms with E-state index in [4.69, 9.17) is 9.15 Å². The van der Waals surface area contributed by atoms with Crippen molar-refractivity contribution < 1.29 is 18.3 Å². The number of hydrogen-bond acceptors (Lipinski definition) is 5. The Hall–Kier alpha value is -2.54. The van der Waals surface area contributed by atoms with E-state index in [1.165, 1.54) is 12.1 Å². The first-order valence-corrected chi connectivity index (χ1v) is 8.60. The highest BCUT2D eigenvalue weighted by Gasteiger charge is 2.56. The van der Waals surface area contributed by atoms with Crippen LogP contribution in [-0.2, 0) is 14.9 Å². The molecule has 0 N–H and O–H groups in total. The molecule has 2 aliphatic heterocycles. The smallest absolute Gasteiger partial charge is 0.246 e. The van der Waals surface area contributed by atoms with E-state index in [-0.39, 0.29) is 17.6 Å². The van der Waals surface area contributed by atoms with Gasteiger partial charge >= 0.3 is 0 Å². The monoisotopic (exact) mass is 357 g/mol. The second kappa shape index (κ2) is 6.32. The number of benzene rings is 1. The minimum Gasteiger partial charge on any atom is -0.425 e. The second-order valence-electron chi connectivity index (χ2n) is 7.02. The van der Waals surface area contributed by atoms with Gasteiger partial charge in [0.05, 0.1) is 18.6 Å². The van der Waals surface area contributed by atoms with Crippen LogP contribution in [0.4, 0.5) is 4.39 Å². The topological polar surface area (TPSA) is 68.5 Å². The lowest BCUT2D eigenvalue weighted by atomic mass is 9.81. The van der Waals surface area contributed by atoms with Crippen LogP contribution in [0.2, 0.25) is 0 Å². The van der Waals surface area contributed by atoms with Gasteiger partial charge in [-0.3, -0.25) is 4.79 Å². The molecule has 0 aliphatic carbocycles. The highest BCUT2D eigenvalue weighted by Crippen LogP contribution is 2.43. The molecule has 4 rings (SSSR count). The van der Waals surface area contributed by atoms with Crippen LogP contribution in [0, 0.1) is 18.7 Å². The zero-order valence-electron chi connectivity index (χ0n) is 14.7. The lowest BCUT2D eigenvalue weighted by Gasteiger charge is -2.22. The molecule has 7 heteroatoms. The summed E-state index contributed by atoms with van der Waals surface area (Å²) in [5, 5.41) is 8.10. The van der Waals surface area contributed by atoms with Crippen molar-refractivity contribution in [1.82, 2.24) is 15.1 Å². The summed E-state index contributed by atoms with van der Waals surface area (Å²) in [5.74, 6) is 0.672. The van der Waals surface area contributed by atoms with E-state index in [0.717, 1.165) is 0 Å². The molecule has 0 unspecified atom stereocenters. The fraction of sp³-hybridized carbons (Fsp3) is 0.421. The van der Waals surface area contributed by atoms with Crippen molar-refractivity contribution in [2.75, 3.05) is 26.3 Å². The molecule has 1 aromatic carbocycles. The average Bonchev–Trinajstić information content (AvgIpc) is 3.28. The van der Waals surface area contributed by atoms with Gasteiger partial charge in [-0.1, -0.05) is 18.2 Å². The predicted octanol–water partition coefficient (Wildman–Crippen LogP) is 2.35. The molecule has 26 heavy (non-hydrogen) atoms. The summed E-state index contributed by atoms with van der Waals surface area (Å²) in [6.07, 6.45) is 1.49. The third kappa shape index (κ3) is 2.72. The lowest BCUT2D eigenvalue weighted by Crippen LogP contribution is -2.37. The van der Waals surface area contributed by atoms with Gasteiger partial charge in [-0.05, 0) is 18.6 Å². The summed E-state index contributed by atoms with van der Waals surface area (Å²) in [4.78, 5) is 14.5. The van der Waals surface area contributed by atoms with Crippen LogP contribution in [-0.4, -0.2) is 47.3 Å². The van der Waals surface area contributed by atoms with Gasteiger partial charge in [0.25, 0.3) is 0 Å². The Kier molecular flexibility index (Phi) is 4.11. The Labute approximate surface area is 150 Å². The van der Waals surface area contributed by atoms with Crippen molar-refractivity contribution in [3.05, 3.63) is 53.5 Å². The van der Waals surface area contributed by atoms with Gasteiger partial charge in [-0.15, -0.1) is 10.2 Å². The van der Waals surface area contributed by atoms with Gasteiger partial charge < -0.3 is 14.1 Å². The number of aromatic nitrogens is 2. The van der Waals surface area contributed by atoms with E-state index >= 15 is 0 Å². The maximum atomic E-state index is 13.9. The number of amides is 1. The minimum absolute atomic E-state index is 0.119. The minimum atomic E-state index is -0.448. The van der Waals surface area contributed by atoms with Crippen LogP contribution >= 0.6 is 0 Å². The zero-order valence-corrected chi connectivity index (χ0v) is 14.7. The van der Waals surface area contributed by atoms with Gasteiger partial charge in [-0.2, -0.15) is 0 Å². The Morgan fingerprint density at radius 1 is 1.38 bits per heavy atom. The summed E-state index contributed by atoms with van der Waals surface area (Å²) in [5.41, 5.74) is 0.589. The molecule has 0 saturated carbocycles. The van der Waals surface area contributed by atoms with Crippen LogP contribution in [0.3, 0.4) is 0 Å². The first kappa shape index (κ1) is 16.9. The summed E-state index contributed by atoms with van der Waals surface area (Å²) in [6.45, 7) is 5.52. The molecule has 0 bridgehead atoms. The third-order valence-electron chi connectivity index (χ3n) is 5.28. The lowest BCUT2D eigenvalue weighted by molar-refractivity contribution is -0.125. The molecule has 0 radical (unpaired) electrons. The first-order valence-electron chi connectivity index (χ1n) is 8.60. The molecule has 2 saturated heterocycles.